The van der Waals surface area contributed by atoms with Crippen molar-refractivity contribution < 1.29 is 19.0 Å². The highest BCUT2D eigenvalue weighted by molar-refractivity contribution is 9.09. The van der Waals surface area contributed by atoms with Crippen molar-refractivity contribution >= 4 is 21.9 Å². The number of para-hydroxylation sites is 1. The van der Waals surface area contributed by atoms with E-state index < -0.39 is 0 Å². The monoisotopic (exact) mass is 330 g/mol. The highest BCUT2D eigenvalue weighted by atomic mass is 79.9. The van der Waals surface area contributed by atoms with Crippen molar-refractivity contribution in [2.24, 2.45) is 0 Å². The Hall–Kier alpha value is -1.07. The first kappa shape index (κ1) is 16.0. The molecule has 106 valence electrons. The maximum Gasteiger partial charge on any atom is 0.342 e. The molecule has 0 unspecified atom stereocenters. The van der Waals surface area contributed by atoms with Crippen LogP contribution in [0.1, 0.15) is 23.2 Å². The van der Waals surface area contributed by atoms with Gasteiger partial charge >= 0.3 is 5.97 Å². The van der Waals surface area contributed by atoms with E-state index in [9.17, 15) is 4.79 Å². The van der Waals surface area contributed by atoms with Crippen LogP contribution >= 0.6 is 15.9 Å². The lowest BCUT2D eigenvalue weighted by molar-refractivity contribution is 0.0384. The fourth-order valence-corrected chi connectivity index (χ4v) is 1.83. The molecule has 0 saturated heterocycles. The molecule has 0 heterocycles. The predicted octanol–water partition coefficient (Wildman–Crippen LogP) is 3.04. The average molecular weight is 331 g/mol. The first-order valence-electron chi connectivity index (χ1n) is 6.23. The summed E-state index contributed by atoms with van der Waals surface area (Å²) < 4.78 is 15.5. The number of rotatable bonds is 9. The van der Waals surface area contributed by atoms with Crippen LogP contribution in [-0.4, -0.2) is 38.2 Å². The van der Waals surface area contributed by atoms with Crippen LogP contribution in [-0.2, 0) is 9.47 Å². The van der Waals surface area contributed by atoms with Gasteiger partial charge in [0.05, 0.1) is 13.2 Å². The molecule has 4 nitrogen and oxygen atoms in total. The van der Waals surface area contributed by atoms with Crippen LogP contribution in [0, 0.1) is 0 Å². The van der Waals surface area contributed by atoms with Gasteiger partial charge in [0.15, 0.2) is 0 Å². The summed E-state index contributed by atoms with van der Waals surface area (Å²) in [6.07, 6.45) is 1.98. The zero-order valence-electron chi connectivity index (χ0n) is 11.1. The van der Waals surface area contributed by atoms with Gasteiger partial charge in [0.1, 0.15) is 17.9 Å². The summed E-state index contributed by atoms with van der Waals surface area (Å²) in [5.41, 5.74) is 0.456. The van der Waals surface area contributed by atoms with E-state index in [4.69, 9.17) is 14.2 Å². The summed E-state index contributed by atoms with van der Waals surface area (Å²) in [6.45, 7) is 1.22. The third kappa shape index (κ3) is 6.07. The van der Waals surface area contributed by atoms with Crippen LogP contribution in [0.2, 0.25) is 0 Å². The Kier molecular flexibility index (Phi) is 8.25. The van der Waals surface area contributed by atoms with E-state index in [1.54, 1.807) is 25.3 Å². The Labute approximate surface area is 122 Å². The van der Waals surface area contributed by atoms with Gasteiger partial charge < -0.3 is 14.2 Å². The maximum atomic E-state index is 11.9. The summed E-state index contributed by atoms with van der Waals surface area (Å²) >= 11 is 3.37. The molecule has 19 heavy (non-hydrogen) atoms. The van der Waals surface area contributed by atoms with Crippen molar-refractivity contribution in [1.29, 1.82) is 0 Å². The molecule has 0 aromatic heterocycles. The van der Waals surface area contributed by atoms with E-state index >= 15 is 0 Å². The van der Waals surface area contributed by atoms with Gasteiger partial charge in [-0.05, 0) is 25.0 Å². The highest BCUT2D eigenvalue weighted by Crippen LogP contribution is 2.19. The minimum absolute atomic E-state index is 0.243. The maximum absolute atomic E-state index is 11.9. The van der Waals surface area contributed by atoms with Crippen molar-refractivity contribution in [2.45, 2.75) is 12.8 Å². The molecule has 0 amide bonds. The van der Waals surface area contributed by atoms with Crippen molar-refractivity contribution in [3.05, 3.63) is 29.8 Å². The highest BCUT2D eigenvalue weighted by Gasteiger charge is 2.13. The number of alkyl halides is 1. The van der Waals surface area contributed by atoms with E-state index in [2.05, 4.69) is 15.9 Å². The Balaban J connectivity index is 2.54. The van der Waals surface area contributed by atoms with E-state index in [1.165, 1.54) is 0 Å². The molecule has 1 aromatic rings. The molecule has 0 fully saturated rings. The van der Waals surface area contributed by atoms with Crippen molar-refractivity contribution in [3.63, 3.8) is 0 Å². The fourth-order valence-electron chi connectivity index (χ4n) is 1.44. The SMILES string of the molecule is COCCOC(=O)c1ccccc1OCCCCBr. The third-order valence-corrected chi connectivity index (χ3v) is 2.97. The molecule has 0 aliphatic heterocycles. The Morgan fingerprint density at radius 1 is 1.16 bits per heavy atom. The van der Waals surface area contributed by atoms with Crippen LogP contribution in [0.25, 0.3) is 0 Å². The van der Waals surface area contributed by atoms with E-state index in [0.717, 1.165) is 18.2 Å². The molecule has 0 bridgehead atoms. The van der Waals surface area contributed by atoms with Crippen molar-refractivity contribution in [1.82, 2.24) is 0 Å². The largest absolute Gasteiger partial charge is 0.493 e. The Morgan fingerprint density at radius 2 is 1.95 bits per heavy atom. The molecule has 1 rings (SSSR count). The van der Waals surface area contributed by atoms with Gasteiger partial charge in [-0.2, -0.15) is 0 Å². The van der Waals surface area contributed by atoms with E-state index in [0.29, 0.717) is 24.5 Å². The van der Waals surface area contributed by atoms with Crippen LogP contribution < -0.4 is 4.74 Å². The van der Waals surface area contributed by atoms with Gasteiger partial charge in [-0.1, -0.05) is 28.1 Å². The number of ether oxygens (including phenoxy) is 3. The standard InChI is InChI=1S/C14H19BrO4/c1-17-10-11-19-14(16)12-6-2-3-7-13(12)18-9-5-4-8-15/h2-3,6-7H,4-5,8-11H2,1H3. The first-order valence-corrected chi connectivity index (χ1v) is 7.35. The number of hydrogen-bond acceptors (Lipinski definition) is 4. The minimum atomic E-state index is -0.381. The van der Waals surface area contributed by atoms with Gasteiger partial charge in [0.2, 0.25) is 0 Å². The van der Waals surface area contributed by atoms with Gasteiger partial charge in [0.25, 0.3) is 0 Å². The van der Waals surface area contributed by atoms with Gasteiger partial charge in [-0.15, -0.1) is 0 Å². The number of unbranched alkanes of at least 4 members (excludes halogenated alkanes) is 1. The molecule has 1 aromatic carbocycles. The zero-order valence-corrected chi connectivity index (χ0v) is 12.6. The lowest BCUT2D eigenvalue weighted by atomic mass is 10.2. The van der Waals surface area contributed by atoms with Crippen LogP contribution in [0.15, 0.2) is 24.3 Å². The lowest BCUT2D eigenvalue weighted by Gasteiger charge is -2.10. The smallest absolute Gasteiger partial charge is 0.342 e. The molecular weight excluding hydrogens is 312 g/mol. The van der Waals surface area contributed by atoms with Crippen LogP contribution in [0.3, 0.4) is 0 Å². The number of halogens is 1. The summed E-state index contributed by atoms with van der Waals surface area (Å²) in [5.74, 6) is 0.188. The molecule has 0 aliphatic rings. The second-order valence-corrected chi connectivity index (χ2v) is 4.66. The van der Waals surface area contributed by atoms with Crippen molar-refractivity contribution in [2.75, 3.05) is 32.3 Å². The van der Waals surface area contributed by atoms with Crippen molar-refractivity contribution in [3.8, 4) is 5.75 Å². The minimum Gasteiger partial charge on any atom is -0.493 e. The fraction of sp³-hybridized carbons (Fsp3) is 0.500. The number of carbonyl (C=O) groups excluding carboxylic acids is 1. The Morgan fingerprint density at radius 3 is 2.68 bits per heavy atom. The summed E-state index contributed by atoms with van der Waals surface area (Å²) in [4.78, 5) is 11.9. The molecule has 0 aliphatic carbocycles. The second-order valence-electron chi connectivity index (χ2n) is 3.87. The molecular formula is C14H19BrO4. The molecule has 0 saturated carbocycles. The molecule has 0 radical (unpaired) electrons. The summed E-state index contributed by atoms with van der Waals surface area (Å²) in [5, 5.41) is 0.955. The zero-order chi connectivity index (χ0) is 13.9. The summed E-state index contributed by atoms with van der Waals surface area (Å²) in [6, 6.07) is 7.11. The van der Waals surface area contributed by atoms with Crippen LogP contribution in [0.4, 0.5) is 0 Å². The number of benzene rings is 1. The Bertz CT molecular complexity index is 381. The second kappa shape index (κ2) is 9.81. The van der Waals surface area contributed by atoms with Gasteiger partial charge in [-0.25, -0.2) is 4.79 Å². The quantitative estimate of drug-likeness (QED) is 0.396. The van der Waals surface area contributed by atoms with E-state index in [1.807, 2.05) is 6.07 Å². The summed E-state index contributed by atoms with van der Waals surface area (Å²) in [7, 11) is 1.56. The molecule has 0 spiro atoms. The molecule has 0 N–H and O–H groups in total. The topological polar surface area (TPSA) is 44.8 Å². The number of methoxy groups -OCH3 is 1. The van der Waals surface area contributed by atoms with Crippen LogP contribution in [0.5, 0.6) is 5.75 Å². The van der Waals surface area contributed by atoms with Gasteiger partial charge in [-0.3, -0.25) is 0 Å². The normalized spacial score (nSPS) is 10.2. The number of esters is 1. The first-order chi connectivity index (χ1) is 9.29. The third-order valence-electron chi connectivity index (χ3n) is 2.41. The number of carbonyl (C=O) groups is 1. The van der Waals surface area contributed by atoms with E-state index in [-0.39, 0.29) is 12.6 Å². The van der Waals surface area contributed by atoms with Gasteiger partial charge in [0, 0.05) is 12.4 Å². The average Bonchev–Trinajstić information content (AvgIpc) is 2.44. The molecule has 5 heteroatoms. The molecule has 0 atom stereocenters. The lowest BCUT2D eigenvalue weighted by Crippen LogP contribution is -2.12. The number of hydrogen-bond donors (Lipinski definition) is 0. The predicted molar refractivity (Wildman–Crippen MR) is 77.1 cm³/mol.